The largest absolute Gasteiger partial charge is 0.382 e. The number of aromatic nitrogens is 2. The molecular formula is C30H53N5O4. The summed E-state index contributed by atoms with van der Waals surface area (Å²) in [5.74, 6) is 1.03. The minimum atomic E-state index is -0.379. The summed E-state index contributed by atoms with van der Waals surface area (Å²) in [5.41, 5.74) is 2.65. The zero-order valence-electron chi connectivity index (χ0n) is 25.3. The number of unbranched alkanes of at least 4 members (excludes halogenated alkanes) is 2. The summed E-state index contributed by atoms with van der Waals surface area (Å²) >= 11 is 0. The maximum absolute atomic E-state index is 12.5. The first-order valence-electron chi connectivity index (χ1n) is 14.5. The predicted octanol–water partition coefficient (Wildman–Crippen LogP) is 4.25. The molecule has 1 aliphatic heterocycles. The van der Waals surface area contributed by atoms with Gasteiger partial charge in [0.1, 0.15) is 5.82 Å². The lowest BCUT2D eigenvalue weighted by Crippen LogP contribution is -2.35. The van der Waals surface area contributed by atoms with Crippen LogP contribution in [0.4, 0.5) is 11.5 Å². The van der Waals surface area contributed by atoms with E-state index >= 15 is 0 Å². The smallest absolute Gasteiger partial charge is 0.329 e. The van der Waals surface area contributed by atoms with Gasteiger partial charge in [0.25, 0.3) is 5.56 Å². The fourth-order valence-electron chi connectivity index (χ4n) is 4.30. The molecule has 1 saturated heterocycles. The number of anilines is 2. The summed E-state index contributed by atoms with van der Waals surface area (Å²) in [6.07, 6.45) is 5.20. The van der Waals surface area contributed by atoms with Crippen molar-refractivity contribution in [3.63, 3.8) is 0 Å². The van der Waals surface area contributed by atoms with Crippen LogP contribution >= 0.6 is 0 Å². The predicted molar refractivity (Wildman–Crippen MR) is 162 cm³/mol. The summed E-state index contributed by atoms with van der Waals surface area (Å²) < 4.78 is 6.02. The number of rotatable bonds is 13. The number of aliphatic hydroxyl groups excluding tert-OH is 1. The van der Waals surface area contributed by atoms with Gasteiger partial charge in [-0.05, 0) is 88.7 Å². The number of aliphatic hydroxyl groups is 1. The summed E-state index contributed by atoms with van der Waals surface area (Å²) in [5, 5.41) is 15.8. The number of aromatic amines is 1. The molecule has 1 atom stereocenters. The first-order valence-corrected chi connectivity index (χ1v) is 14.5. The maximum atomic E-state index is 12.5. The fraction of sp³-hybridized carbons (Fsp3) is 0.667. The van der Waals surface area contributed by atoms with E-state index in [0.717, 1.165) is 64.0 Å². The number of hydrogen-bond acceptors (Lipinski definition) is 7. The Morgan fingerprint density at radius 1 is 1.15 bits per heavy atom. The first-order chi connectivity index (χ1) is 18.8. The number of likely N-dealkylation sites (tertiary alicyclic amines) is 1. The minimum absolute atomic E-state index is 0.151. The van der Waals surface area contributed by atoms with Gasteiger partial charge >= 0.3 is 5.69 Å². The average Bonchev–Trinajstić information content (AvgIpc) is 3.40. The SMILES string of the molecule is CC.CCc1cc(Nc2cc(=O)n(CCCCCNC[C@@H]3CCN(CO)C3)c(=O)[nH]2)ccc1C.COC(C)C. The second kappa shape index (κ2) is 19.6. The van der Waals surface area contributed by atoms with Gasteiger partial charge in [-0.2, -0.15) is 0 Å². The molecule has 3 rings (SSSR count). The number of aryl methyl sites for hydroxylation is 2. The highest BCUT2D eigenvalue weighted by atomic mass is 16.5. The van der Waals surface area contributed by atoms with Gasteiger partial charge in [0.2, 0.25) is 0 Å². The minimum Gasteiger partial charge on any atom is -0.382 e. The van der Waals surface area contributed by atoms with Crippen molar-refractivity contribution in [3.8, 4) is 0 Å². The zero-order chi connectivity index (χ0) is 29.2. The third-order valence-electron chi connectivity index (χ3n) is 6.74. The molecule has 222 valence electrons. The number of H-pyrrole nitrogens is 1. The second-order valence-electron chi connectivity index (χ2n) is 10.0. The van der Waals surface area contributed by atoms with E-state index in [9.17, 15) is 9.59 Å². The van der Waals surface area contributed by atoms with Crippen LogP contribution < -0.4 is 21.9 Å². The normalized spacial score (nSPS) is 14.9. The summed E-state index contributed by atoms with van der Waals surface area (Å²) in [6.45, 7) is 16.6. The summed E-state index contributed by atoms with van der Waals surface area (Å²) in [7, 11) is 1.70. The van der Waals surface area contributed by atoms with Crippen LogP contribution in [0.25, 0.3) is 0 Å². The molecule has 2 heterocycles. The molecule has 0 aliphatic carbocycles. The van der Waals surface area contributed by atoms with Crippen LogP contribution in [0.1, 0.15) is 71.4 Å². The van der Waals surface area contributed by atoms with Crippen molar-refractivity contribution in [2.24, 2.45) is 5.92 Å². The van der Waals surface area contributed by atoms with Crippen molar-refractivity contribution < 1.29 is 9.84 Å². The van der Waals surface area contributed by atoms with E-state index in [0.29, 0.717) is 24.4 Å². The Morgan fingerprint density at radius 2 is 1.87 bits per heavy atom. The molecule has 2 aromatic rings. The topological polar surface area (TPSA) is 112 Å². The van der Waals surface area contributed by atoms with Gasteiger partial charge in [0, 0.05) is 38.5 Å². The van der Waals surface area contributed by atoms with Gasteiger partial charge in [0.05, 0.1) is 12.8 Å². The van der Waals surface area contributed by atoms with Gasteiger partial charge in [-0.25, -0.2) is 4.79 Å². The maximum Gasteiger partial charge on any atom is 0.329 e. The first kappa shape index (κ1) is 34.6. The standard InChI is InChI=1S/C24H37N5O3.C4H10O.C2H6/c1-3-20-13-21(8-7-18(20)2)26-22-14-23(31)29(24(32)27-22)11-6-4-5-10-25-15-19-9-12-28(16-19)17-30;1-4(2)5-3;1-2/h7-8,13-14,19,25-26,30H,3-6,9-12,15-17H2,1-2H3,(H,27,32);4H,1-3H3;1-2H3/t19-;;/m0../s1. The fourth-order valence-corrected chi connectivity index (χ4v) is 4.30. The molecule has 0 spiro atoms. The number of nitrogens with one attached hydrogen (secondary N) is 3. The van der Waals surface area contributed by atoms with Gasteiger partial charge in [-0.3, -0.25) is 19.2 Å². The van der Waals surface area contributed by atoms with Crippen LogP contribution in [0.2, 0.25) is 0 Å². The van der Waals surface area contributed by atoms with Crippen LogP contribution in [0.5, 0.6) is 0 Å². The second-order valence-corrected chi connectivity index (χ2v) is 10.0. The molecule has 1 fully saturated rings. The molecule has 9 nitrogen and oxygen atoms in total. The van der Waals surface area contributed by atoms with Crippen LogP contribution in [-0.4, -0.2) is 65.7 Å². The lowest BCUT2D eigenvalue weighted by Gasteiger charge is -2.13. The Bertz CT molecular complexity index is 1020. The molecule has 9 heteroatoms. The van der Waals surface area contributed by atoms with Crippen LogP contribution in [0.15, 0.2) is 33.9 Å². The highest BCUT2D eigenvalue weighted by molar-refractivity contribution is 5.57. The van der Waals surface area contributed by atoms with E-state index < -0.39 is 0 Å². The molecule has 4 N–H and O–H groups in total. The van der Waals surface area contributed by atoms with E-state index in [-0.39, 0.29) is 18.0 Å². The Hall–Kier alpha value is -2.46. The average molecular weight is 548 g/mol. The van der Waals surface area contributed by atoms with Crippen LogP contribution in [-0.2, 0) is 17.7 Å². The lowest BCUT2D eigenvalue weighted by molar-refractivity contribution is 0.127. The molecular weight excluding hydrogens is 494 g/mol. The third-order valence-corrected chi connectivity index (χ3v) is 6.74. The molecule has 0 amide bonds. The van der Waals surface area contributed by atoms with Gasteiger partial charge in [-0.15, -0.1) is 0 Å². The van der Waals surface area contributed by atoms with Crippen LogP contribution in [0, 0.1) is 12.8 Å². The third kappa shape index (κ3) is 13.0. The zero-order valence-corrected chi connectivity index (χ0v) is 25.3. The molecule has 1 aliphatic rings. The van der Waals surface area contributed by atoms with Gasteiger partial charge in [-0.1, -0.05) is 33.3 Å². The van der Waals surface area contributed by atoms with E-state index in [4.69, 9.17) is 9.84 Å². The molecule has 1 aromatic carbocycles. The highest BCUT2D eigenvalue weighted by Gasteiger charge is 2.20. The molecule has 0 radical (unpaired) electrons. The highest BCUT2D eigenvalue weighted by Crippen LogP contribution is 2.18. The van der Waals surface area contributed by atoms with Crippen molar-refractivity contribution in [2.75, 3.05) is 45.3 Å². The molecule has 0 bridgehead atoms. The summed E-state index contributed by atoms with van der Waals surface area (Å²) in [6, 6.07) is 7.48. The van der Waals surface area contributed by atoms with E-state index in [1.807, 2.05) is 45.9 Å². The van der Waals surface area contributed by atoms with Gasteiger partial charge < -0.3 is 20.5 Å². The number of ether oxygens (including phenoxy) is 1. The number of hydrogen-bond donors (Lipinski definition) is 4. The van der Waals surface area contributed by atoms with Crippen LogP contribution in [0.3, 0.4) is 0 Å². The number of nitrogens with zero attached hydrogens (tertiary/aromatic N) is 2. The van der Waals surface area contributed by atoms with Crippen molar-refractivity contribution in [3.05, 3.63) is 56.2 Å². The summed E-state index contributed by atoms with van der Waals surface area (Å²) in [4.78, 5) is 29.7. The number of methoxy groups -OCH3 is 1. The molecule has 39 heavy (non-hydrogen) atoms. The van der Waals surface area contributed by atoms with Crippen molar-refractivity contribution >= 4 is 11.5 Å². The Morgan fingerprint density at radius 3 is 2.46 bits per heavy atom. The van der Waals surface area contributed by atoms with Crippen molar-refractivity contribution in [2.45, 2.75) is 86.3 Å². The monoisotopic (exact) mass is 547 g/mol. The van der Waals surface area contributed by atoms with E-state index in [2.05, 4.69) is 34.4 Å². The quantitative estimate of drug-likeness (QED) is 0.278. The molecule has 0 unspecified atom stereocenters. The Kier molecular flexibility index (Phi) is 17.4. The van der Waals surface area contributed by atoms with Gasteiger partial charge in [0.15, 0.2) is 0 Å². The van der Waals surface area contributed by atoms with E-state index in [1.54, 1.807) is 7.11 Å². The Labute approximate surface area is 235 Å². The molecule has 1 aromatic heterocycles. The molecule has 0 saturated carbocycles. The lowest BCUT2D eigenvalue weighted by atomic mass is 10.1. The Balaban J connectivity index is 0.000000975. The number of benzene rings is 1. The van der Waals surface area contributed by atoms with Crippen molar-refractivity contribution in [1.29, 1.82) is 0 Å². The van der Waals surface area contributed by atoms with Crippen molar-refractivity contribution in [1.82, 2.24) is 19.8 Å². The van der Waals surface area contributed by atoms with E-state index in [1.165, 1.54) is 21.8 Å².